The molecule has 0 spiro atoms. The first-order chi connectivity index (χ1) is 21.5. The maximum atomic E-state index is 12.7. The van der Waals surface area contributed by atoms with Gasteiger partial charge in [0.15, 0.2) is 0 Å². The molecule has 1 aromatic heterocycles. The number of hydrogen-bond acceptors (Lipinski definition) is 5. The topological polar surface area (TPSA) is 138 Å². The van der Waals surface area contributed by atoms with Gasteiger partial charge in [0.05, 0.1) is 10.5 Å². The molecule has 3 N–H and O–H groups in total. The summed E-state index contributed by atoms with van der Waals surface area (Å²) in [4.78, 5) is 24.0. The van der Waals surface area contributed by atoms with Crippen molar-refractivity contribution in [2.45, 2.75) is 77.7 Å². The van der Waals surface area contributed by atoms with E-state index in [2.05, 4.69) is 25.4 Å². The number of carbonyl (C=O) groups excluding carboxylic acids is 2. The van der Waals surface area contributed by atoms with Gasteiger partial charge in [-0.15, -0.1) is 13.2 Å². The lowest BCUT2D eigenvalue weighted by atomic mass is 9.98. The van der Waals surface area contributed by atoms with Crippen molar-refractivity contribution in [2.24, 2.45) is 24.6 Å². The van der Waals surface area contributed by atoms with Gasteiger partial charge in [-0.1, -0.05) is 71.4 Å². The predicted octanol–water partition coefficient (Wildman–Crippen LogP) is 6.89. The van der Waals surface area contributed by atoms with Crippen molar-refractivity contribution in [3.8, 4) is 6.07 Å². The molecule has 0 radical (unpaired) electrons. The molecule has 9 nitrogen and oxygen atoms in total. The van der Waals surface area contributed by atoms with E-state index in [0.717, 1.165) is 36.6 Å². The van der Waals surface area contributed by atoms with Crippen molar-refractivity contribution in [3.05, 3.63) is 79.0 Å². The lowest BCUT2D eigenvalue weighted by Crippen LogP contribution is -2.45. The van der Waals surface area contributed by atoms with Crippen molar-refractivity contribution < 1.29 is 20.9 Å². The third-order valence-corrected chi connectivity index (χ3v) is 9.51. The molecule has 45 heavy (non-hydrogen) atoms. The smallest absolute Gasteiger partial charge is 0.268 e. The molecule has 2 amide bonds. The molecule has 1 saturated heterocycles. The van der Waals surface area contributed by atoms with Crippen molar-refractivity contribution in [1.82, 2.24) is 14.2 Å². The average molecular weight is 642 g/mol. The maximum absolute atomic E-state index is 12.7. The minimum Gasteiger partial charge on any atom is -0.368 e. The van der Waals surface area contributed by atoms with Crippen LogP contribution in [0.15, 0.2) is 72.7 Å². The Morgan fingerprint density at radius 1 is 1.09 bits per heavy atom. The molecule has 3 aromatic rings. The molecule has 0 bridgehead atoms. The molecule has 1 fully saturated rings. The first-order valence-electron chi connectivity index (χ1n) is 15.6. The third kappa shape index (κ3) is 10.9. The Morgan fingerprint density at radius 2 is 1.71 bits per heavy atom. The normalized spacial score (nSPS) is 15.5. The number of hydrogen-bond donors (Lipinski definition) is 2. The second-order valence-corrected chi connectivity index (χ2v) is 12.8. The minimum atomic E-state index is -3.55. The zero-order chi connectivity index (χ0) is 34.2. The molecule has 1 aliphatic heterocycles. The number of primary amides is 1. The van der Waals surface area contributed by atoms with Gasteiger partial charge in [0.25, 0.3) is 5.91 Å². The lowest BCUT2D eigenvalue weighted by Gasteiger charge is -2.20. The van der Waals surface area contributed by atoms with Crippen LogP contribution >= 0.6 is 0 Å². The second kappa shape index (κ2) is 19.4. The largest absolute Gasteiger partial charge is 0.368 e. The number of nitrogens with zero attached hydrogens (tertiary/aromatic N) is 3. The molecule has 0 saturated carbocycles. The van der Waals surface area contributed by atoms with Crippen LogP contribution in [-0.4, -0.2) is 48.2 Å². The average Bonchev–Trinajstić information content (AvgIpc) is 3.20. The molecular formula is C35H55N5O4S. The summed E-state index contributed by atoms with van der Waals surface area (Å²) in [5.74, 6) is 0.102. The van der Waals surface area contributed by atoms with E-state index < -0.39 is 22.0 Å². The Labute approximate surface area is 273 Å². The lowest BCUT2D eigenvalue weighted by molar-refractivity contribution is -0.120. The van der Waals surface area contributed by atoms with E-state index in [0.29, 0.717) is 31.1 Å². The van der Waals surface area contributed by atoms with E-state index in [1.54, 1.807) is 22.5 Å². The van der Waals surface area contributed by atoms with Gasteiger partial charge in [-0.2, -0.15) is 9.57 Å². The number of amides is 2. The summed E-state index contributed by atoms with van der Waals surface area (Å²) in [6.45, 7) is 17.2. The number of carbonyl (C=O) groups is 2. The van der Waals surface area contributed by atoms with Crippen molar-refractivity contribution in [2.75, 3.05) is 13.1 Å². The van der Waals surface area contributed by atoms with Crippen LogP contribution in [-0.2, 0) is 21.9 Å². The van der Waals surface area contributed by atoms with Crippen LogP contribution in [0.4, 0.5) is 0 Å². The summed E-state index contributed by atoms with van der Waals surface area (Å²) in [5.41, 5.74) is 7.08. The molecule has 250 valence electrons. The van der Waals surface area contributed by atoms with Gasteiger partial charge >= 0.3 is 0 Å². The van der Waals surface area contributed by atoms with Gasteiger partial charge in [-0.25, -0.2) is 8.42 Å². The van der Waals surface area contributed by atoms with Gasteiger partial charge < -0.3 is 15.6 Å². The maximum Gasteiger partial charge on any atom is 0.268 e. The van der Waals surface area contributed by atoms with Crippen LogP contribution in [0.1, 0.15) is 85.6 Å². The first-order valence-corrected chi connectivity index (χ1v) is 17.1. The quantitative estimate of drug-likeness (QED) is 0.258. The zero-order valence-corrected chi connectivity index (χ0v) is 28.6. The van der Waals surface area contributed by atoms with Crippen LogP contribution in [0.2, 0.25) is 0 Å². The number of nitriles is 1. The highest BCUT2D eigenvalue weighted by molar-refractivity contribution is 7.89. The second-order valence-electron chi connectivity index (χ2n) is 10.9. The van der Waals surface area contributed by atoms with E-state index in [9.17, 15) is 18.0 Å². The Balaban J connectivity index is 0. The number of para-hydroxylation sites is 1. The van der Waals surface area contributed by atoms with Crippen molar-refractivity contribution in [1.29, 1.82) is 5.26 Å². The Kier molecular flexibility index (Phi) is 16.9. The van der Waals surface area contributed by atoms with Crippen molar-refractivity contribution in [3.63, 3.8) is 0 Å². The molecule has 1 unspecified atom stereocenters. The van der Waals surface area contributed by atoms with Gasteiger partial charge in [0.2, 0.25) is 15.9 Å². The minimum absolute atomic E-state index is 0. The predicted molar refractivity (Wildman–Crippen MR) is 187 cm³/mol. The Bertz CT molecular complexity index is 1540. The van der Waals surface area contributed by atoms with E-state index in [1.807, 2.05) is 75.7 Å². The fraction of sp³-hybridized carbons (Fsp3) is 0.457. The SMILES string of the molecule is C=C.CC.CC(C)C[C@H](NC(=O)c1cc2ccccc2n1C)C(N)=O.CCC1CCCN(S(=O)(=O)c2ccccc2C#N)CC1.[HH].[HH]. The van der Waals surface area contributed by atoms with Crippen LogP contribution < -0.4 is 11.1 Å². The van der Waals surface area contributed by atoms with Gasteiger partial charge in [-0.05, 0) is 61.8 Å². The first kappa shape index (κ1) is 39.1. The Morgan fingerprint density at radius 3 is 2.29 bits per heavy atom. The fourth-order valence-electron chi connectivity index (χ4n) is 5.17. The number of fused-ring (bicyclic) bond motifs is 1. The molecule has 2 heterocycles. The molecule has 4 rings (SSSR count). The monoisotopic (exact) mass is 641 g/mol. The van der Waals surface area contributed by atoms with E-state index >= 15 is 0 Å². The van der Waals surface area contributed by atoms with E-state index in [-0.39, 0.29) is 25.1 Å². The van der Waals surface area contributed by atoms with Crippen LogP contribution in [0, 0.1) is 23.2 Å². The molecule has 1 aliphatic rings. The number of sulfonamides is 1. The number of aromatic nitrogens is 1. The number of nitrogens with one attached hydrogen (secondary N) is 1. The molecule has 2 atom stereocenters. The molecular weight excluding hydrogens is 586 g/mol. The van der Waals surface area contributed by atoms with Crippen molar-refractivity contribution >= 4 is 32.7 Å². The van der Waals surface area contributed by atoms with Crippen LogP contribution in [0.5, 0.6) is 0 Å². The summed E-state index contributed by atoms with van der Waals surface area (Å²) in [5, 5.41) is 12.8. The highest BCUT2D eigenvalue weighted by atomic mass is 32.2. The van der Waals surface area contributed by atoms with Crippen LogP contribution in [0.3, 0.4) is 0 Å². The van der Waals surface area contributed by atoms with E-state index in [4.69, 9.17) is 11.0 Å². The summed E-state index contributed by atoms with van der Waals surface area (Å²) in [7, 11) is -1.72. The molecule has 10 heteroatoms. The summed E-state index contributed by atoms with van der Waals surface area (Å²) < 4.78 is 28.7. The number of benzene rings is 2. The Hall–Kier alpha value is -3.94. The van der Waals surface area contributed by atoms with Gasteiger partial charge in [0, 0.05) is 33.9 Å². The highest BCUT2D eigenvalue weighted by Gasteiger charge is 2.29. The highest BCUT2D eigenvalue weighted by Crippen LogP contribution is 2.26. The number of nitrogens with two attached hydrogens (primary N) is 1. The van der Waals surface area contributed by atoms with E-state index in [1.165, 1.54) is 6.07 Å². The summed E-state index contributed by atoms with van der Waals surface area (Å²) in [6, 6.07) is 17.3. The van der Waals surface area contributed by atoms with Gasteiger partial charge in [0.1, 0.15) is 17.8 Å². The van der Waals surface area contributed by atoms with Gasteiger partial charge in [-0.3, -0.25) is 9.59 Å². The molecule has 0 aliphatic carbocycles. The number of rotatable bonds is 8. The fourth-order valence-corrected chi connectivity index (χ4v) is 6.80. The molecule has 2 aromatic carbocycles. The summed E-state index contributed by atoms with van der Waals surface area (Å²) in [6.07, 6.45) is 4.52. The van der Waals surface area contributed by atoms with Crippen LogP contribution in [0.25, 0.3) is 10.9 Å². The number of aryl methyl sites for hydroxylation is 1. The standard InChI is InChI=1S/C16H21N3O2.C15H20N2O2S.C2H6.C2H4.2H2/c1-10(2)8-12(15(17)20)18-16(21)14-9-11-6-4-5-7-13(11)19(14)3;1-2-13-6-5-10-17(11-9-13)20(18,19)15-8-4-3-7-14(15)12-16;2*1-2;;/h4-7,9-10,12H,8H2,1-3H3,(H2,17,20)(H,18,21);3-4,7-8,13H,2,5-6,9-11H2,1H3;1-2H3;1-2H2;2*1H/t12-;;;;;/m0...../s1. The summed E-state index contributed by atoms with van der Waals surface area (Å²) >= 11 is 0. The zero-order valence-electron chi connectivity index (χ0n) is 27.8. The third-order valence-electron chi connectivity index (χ3n) is 7.55.